The third-order valence-corrected chi connectivity index (χ3v) is 6.68. The Hall–Kier alpha value is -3.68. The number of amides is 1. The van der Waals surface area contributed by atoms with Gasteiger partial charge in [-0.25, -0.2) is 9.37 Å². The summed E-state index contributed by atoms with van der Waals surface area (Å²) in [5.41, 5.74) is 9.61. The number of rotatable bonds is 8. The van der Waals surface area contributed by atoms with Crippen molar-refractivity contribution in [3.05, 3.63) is 106 Å². The van der Waals surface area contributed by atoms with Gasteiger partial charge in [-0.05, 0) is 66.9 Å². The molecule has 0 spiro atoms. The van der Waals surface area contributed by atoms with Gasteiger partial charge in [0.15, 0.2) is 11.6 Å². The summed E-state index contributed by atoms with van der Waals surface area (Å²) in [7, 11) is 1.78. The second-order valence-electron chi connectivity index (χ2n) is 8.53. The van der Waals surface area contributed by atoms with Crippen molar-refractivity contribution in [3.63, 3.8) is 0 Å². The zero-order valence-corrected chi connectivity index (χ0v) is 21.8. The van der Waals surface area contributed by atoms with Crippen LogP contribution in [0.3, 0.4) is 0 Å². The number of aromatic nitrogens is 2. The van der Waals surface area contributed by atoms with Crippen LogP contribution in [0, 0.1) is 5.82 Å². The molecule has 0 aliphatic carbocycles. The van der Waals surface area contributed by atoms with E-state index in [4.69, 9.17) is 33.7 Å². The van der Waals surface area contributed by atoms with Crippen molar-refractivity contribution < 1.29 is 13.9 Å². The maximum atomic E-state index is 14.0. The van der Waals surface area contributed by atoms with E-state index < -0.39 is 11.9 Å². The van der Waals surface area contributed by atoms with Crippen molar-refractivity contribution >= 4 is 34.9 Å². The Bertz CT molecular complexity index is 1400. The van der Waals surface area contributed by atoms with E-state index in [1.807, 2.05) is 24.3 Å². The van der Waals surface area contributed by atoms with Crippen LogP contribution in [-0.2, 0) is 6.42 Å². The summed E-state index contributed by atoms with van der Waals surface area (Å²) in [6.07, 6.45) is 5.16. The molecule has 4 aromatic rings. The van der Waals surface area contributed by atoms with Gasteiger partial charge in [0.1, 0.15) is 11.9 Å². The highest BCUT2D eigenvalue weighted by Gasteiger charge is 2.20. The third-order valence-electron chi connectivity index (χ3n) is 5.97. The number of ether oxygens (including phenoxy) is 1. The highest BCUT2D eigenvalue weighted by Crippen LogP contribution is 2.37. The zero-order valence-electron chi connectivity index (χ0n) is 20.3. The average Bonchev–Trinajstić information content (AvgIpc) is 2.91. The quantitative estimate of drug-likeness (QED) is 0.255. The first-order chi connectivity index (χ1) is 17.7. The van der Waals surface area contributed by atoms with Gasteiger partial charge in [-0.1, -0.05) is 35.3 Å². The molecule has 37 heavy (non-hydrogen) atoms. The number of hydrogen-bond acceptors (Lipinski definition) is 5. The lowest BCUT2D eigenvalue weighted by molar-refractivity contribution is 0.0796. The van der Waals surface area contributed by atoms with E-state index in [1.54, 1.807) is 55.7 Å². The fourth-order valence-corrected chi connectivity index (χ4v) is 4.52. The van der Waals surface area contributed by atoms with E-state index in [1.165, 1.54) is 12.1 Å². The van der Waals surface area contributed by atoms with E-state index in [0.717, 1.165) is 23.1 Å². The first kappa shape index (κ1) is 26.4. The van der Waals surface area contributed by atoms with Crippen LogP contribution in [0.2, 0.25) is 10.0 Å². The molecule has 2 heterocycles. The number of likely N-dealkylation sites (N-methyl/N-ethyl adjacent to an activating group) is 1. The standard InChI is InChI=1S/C28H25Cl2FN4O2/c1-17(25-22(29)7-8-23(31)26(25)30)37-24-15-21(16-34-27(24)32)19-3-5-20(6-4-19)28(36)35(2)14-11-18-9-12-33-13-10-18/h3-10,12-13,15-17H,11,14H2,1-2H3,(H2,32,34). The molecule has 4 rings (SSSR count). The van der Waals surface area contributed by atoms with E-state index in [9.17, 15) is 9.18 Å². The number of hydrogen-bond donors (Lipinski definition) is 1. The van der Waals surface area contributed by atoms with Gasteiger partial charge < -0.3 is 15.4 Å². The summed E-state index contributed by atoms with van der Waals surface area (Å²) in [5.74, 6) is -0.189. The number of halogens is 3. The van der Waals surface area contributed by atoms with Crippen LogP contribution < -0.4 is 10.5 Å². The molecular weight excluding hydrogens is 514 g/mol. The van der Waals surface area contributed by atoms with Gasteiger partial charge in [0, 0.05) is 53.9 Å². The summed E-state index contributed by atoms with van der Waals surface area (Å²) in [5, 5.41) is 0.182. The molecule has 1 unspecified atom stereocenters. The van der Waals surface area contributed by atoms with Crippen molar-refractivity contribution in [2.45, 2.75) is 19.4 Å². The highest BCUT2D eigenvalue weighted by molar-refractivity contribution is 6.36. The van der Waals surface area contributed by atoms with E-state index in [-0.39, 0.29) is 21.8 Å². The van der Waals surface area contributed by atoms with Gasteiger partial charge >= 0.3 is 0 Å². The van der Waals surface area contributed by atoms with Crippen LogP contribution in [0.15, 0.2) is 73.2 Å². The lowest BCUT2D eigenvalue weighted by Gasteiger charge is -2.19. The lowest BCUT2D eigenvalue weighted by atomic mass is 10.0. The molecule has 0 saturated heterocycles. The van der Waals surface area contributed by atoms with E-state index >= 15 is 0 Å². The Labute approximate surface area is 224 Å². The van der Waals surface area contributed by atoms with Gasteiger partial charge in [0.2, 0.25) is 0 Å². The van der Waals surface area contributed by atoms with Gasteiger partial charge in [-0.15, -0.1) is 0 Å². The summed E-state index contributed by atoms with van der Waals surface area (Å²) in [6, 6.07) is 15.5. The van der Waals surface area contributed by atoms with Crippen LogP contribution >= 0.6 is 23.2 Å². The van der Waals surface area contributed by atoms with Gasteiger partial charge in [0.25, 0.3) is 5.91 Å². The smallest absolute Gasteiger partial charge is 0.253 e. The molecule has 2 N–H and O–H groups in total. The summed E-state index contributed by atoms with van der Waals surface area (Å²) in [6.45, 7) is 2.29. The minimum atomic E-state index is -0.683. The van der Waals surface area contributed by atoms with Crippen LogP contribution in [0.5, 0.6) is 5.75 Å². The SMILES string of the molecule is CC(Oc1cc(-c2ccc(C(=O)N(C)CCc3ccncc3)cc2)cnc1N)c1c(Cl)ccc(F)c1Cl. The maximum Gasteiger partial charge on any atom is 0.253 e. The molecule has 0 aliphatic heterocycles. The highest BCUT2D eigenvalue weighted by atomic mass is 35.5. The van der Waals surface area contributed by atoms with Gasteiger partial charge in [-0.3, -0.25) is 9.78 Å². The molecule has 1 amide bonds. The van der Waals surface area contributed by atoms with E-state index in [2.05, 4.69) is 9.97 Å². The topological polar surface area (TPSA) is 81.3 Å². The molecule has 0 fully saturated rings. The molecule has 0 bridgehead atoms. The zero-order chi connectivity index (χ0) is 26.5. The molecule has 6 nitrogen and oxygen atoms in total. The summed E-state index contributed by atoms with van der Waals surface area (Å²) < 4.78 is 19.9. The Balaban J connectivity index is 1.47. The molecular formula is C28H25Cl2FN4O2. The molecule has 190 valence electrons. The fraction of sp³-hybridized carbons (Fsp3) is 0.179. The lowest BCUT2D eigenvalue weighted by Crippen LogP contribution is -2.28. The predicted molar refractivity (Wildman–Crippen MR) is 144 cm³/mol. The molecule has 0 aliphatic rings. The molecule has 9 heteroatoms. The third kappa shape index (κ3) is 6.18. The summed E-state index contributed by atoms with van der Waals surface area (Å²) in [4.78, 5) is 22.8. The molecule has 0 saturated carbocycles. The molecule has 2 aromatic heterocycles. The van der Waals surface area contributed by atoms with Crippen LogP contribution in [0.4, 0.5) is 10.2 Å². The minimum absolute atomic E-state index is 0.0715. The molecule has 2 aromatic carbocycles. The number of nitrogens with two attached hydrogens (primary N) is 1. The Morgan fingerprint density at radius 1 is 1.08 bits per heavy atom. The second kappa shape index (κ2) is 11.6. The number of anilines is 1. The predicted octanol–water partition coefficient (Wildman–Crippen LogP) is 6.63. The van der Waals surface area contributed by atoms with Gasteiger partial charge in [-0.2, -0.15) is 0 Å². The molecule has 0 radical (unpaired) electrons. The number of nitrogen functional groups attached to an aromatic ring is 1. The van der Waals surface area contributed by atoms with Crippen LogP contribution in [0.1, 0.15) is 34.5 Å². The minimum Gasteiger partial charge on any atom is -0.482 e. The van der Waals surface area contributed by atoms with Crippen molar-refractivity contribution in [1.82, 2.24) is 14.9 Å². The monoisotopic (exact) mass is 538 g/mol. The van der Waals surface area contributed by atoms with E-state index in [0.29, 0.717) is 23.4 Å². The number of nitrogens with zero attached hydrogens (tertiary/aromatic N) is 3. The number of carbonyl (C=O) groups excluding carboxylic acids is 1. The number of carbonyl (C=O) groups is 1. The van der Waals surface area contributed by atoms with Crippen molar-refractivity contribution in [2.75, 3.05) is 19.3 Å². The largest absolute Gasteiger partial charge is 0.482 e. The van der Waals surface area contributed by atoms with Crippen molar-refractivity contribution in [2.24, 2.45) is 0 Å². The van der Waals surface area contributed by atoms with Crippen molar-refractivity contribution in [3.8, 4) is 16.9 Å². The van der Waals surface area contributed by atoms with Crippen LogP contribution in [-0.4, -0.2) is 34.4 Å². The number of benzene rings is 2. The second-order valence-corrected chi connectivity index (χ2v) is 9.32. The summed E-state index contributed by atoms with van der Waals surface area (Å²) >= 11 is 12.4. The molecule has 1 atom stereocenters. The van der Waals surface area contributed by atoms with Crippen molar-refractivity contribution in [1.29, 1.82) is 0 Å². The van der Waals surface area contributed by atoms with Gasteiger partial charge in [0.05, 0.1) is 5.02 Å². The maximum absolute atomic E-state index is 14.0. The average molecular weight is 539 g/mol. The first-order valence-electron chi connectivity index (χ1n) is 11.5. The Kier molecular flexibility index (Phi) is 8.26. The fourth-order valence-electron chi connectivity index (χ4n) is 3.85. The normalized spacial score (nSPS) is 11.7. The number of pyridine rings is 2. The Morgan fingerprint density at radius 2 is 1.78 bits per heavy atom. The van der Waals surface area contributed by atoms with Crippen LogP contribution in [0.25, 0.3) is 11.1 Å². The first-order valence-corrected chi connectivity index (χ1v) is 12.3. The Morgan fingerprint density at radius 3 is 2.49 bits per heavy atom.